The van der Waals surface area contributed by atoms with Gasteiger partial charge in [0.15, 0.2) is 0 Å². The van der Waals surface area contributed by atoms with E-state index >= 15 is 0 Å². The highest BCUT2D eigenvalue weighted by molar-refractivity contribution is 5.90. The lowest BCUT2D eigenvalue weighted by atomic mass is 10.1. The Morgan fingerprint density at radius 3 is 2.33 bits per heavy atom. The second-order valence-electron chi connectivity index (χ2n) is 6.20. The standard InChI is InChI=1S/C17H27FN4O2/c1-11(2)22(6)15-8-7-13(9-14(15)18)20-17(24)21(5)10-12(3)16(23)19-4/h7-9,11-12H,10H2,1-6H3,(H,19,23)(H,20,24)/t12-/m0/s1. The number of nitrogens with zero attached hydrogens (tertiary/aromatic N) is 2. The van der Waals surface area contributed by atoms with E-state index < -0.39 is 11.8 Å². The Kier molecular flexibility index (Phi) is 7.00. The number of nitrogens with one attached hydrogen (secondary N) is 2. The SMILES string of the molecule is CNC(=O)[C@@H](C)CN(C)C(=O)Nc1ccc(N(C)C(C)C)c(F)c1. The molecule has 0 aliphatic rings. The average Bonchev–Trinajstić information content (AvgIpc) is 2.53. The first kappa shape index (κ1) is 19.7. The van der Waals surface area contributed by atoms with E-state index in [2.05, 4.69) is 10.6 Å². The van der Waals surface area contributed by atoms with Gasteiger partial charge in [-0.25, -0.2) is 9.18 Å². The molecule has 0 aliphatic heterocycles. The number of carbonyl (C=O) groups excluding carboxylic acids is 2. The smallest absolute Gasteiger partial charge is 0.321 e. The fourth-order valence-electron chi connectivity index (χ4n) is 2.19. The van der Waals surface area contributed by atoms with Crippen LogP contribution in [0.4, 0.5) is 20.6 Å². The van der Waals surface area contributed by atoms with Crippen LogP contribution >= 0.6 is 0 Å². The molecule has 0 aliphatic carbocycles. The maximum Gasteiger partial charge on any atom is 0.321 e. The molecule has 0 saturated heterocycles. The minimum Gasteiger partial charge on any atom is -0.370 e. The van der Waals surface area contributed by atoms with E-state index in [1.165, 1.54) is 11.0 Å². The molecule has 1 atom stereocenters. The number of hydrogen-bond acceptors (Lipinski definition) is 3. The van der Waals surface area contributed by atoms with Crippen LogP contribution < -0.4 is 15.5 Å². The molecule has 0 unspecified atom stereocenters. The molecule has 0 radical (unpaired) electrons. The third kappa shape index (κ3) is 5.11. The fraction of sp³-hybridized carbons (Fsp3) is 0.529. The Labute approximate surface area is 143 Å². The van der Waals surface area contributed by atoms with Crippen LogP contribution in [0.25, 0.3) is 0 Å². The number of hydrogen-bond donors (Lipinski definition) is 2. The monoisotopic (exact) mass is 338 g/mol. The average molecular weight is 338 g/mol. The number of benzene rings is 1. The summed E-state index contributed by atoms with van der Waals surface area (Å²) < 4.78 is 14.2. The first-order chi connectivity index (χ1) is 11.2. The molecule has 1 rings (SSSR count). The largest absolute Gasteiger partial charge is 0.370 e. The maximum absolute atomic E-state index is 14.2. The van der Waals surface area contributed by atoms with Gasteiger partial charge in [-0.1, -0.05) is 6.92 Å². The van der Waals surface area contributed by atoms with Gasteiger partial charge < -0.3 is 20.4 Å². The predicted molar refractivity (Wildman–Crippen MR) is 94.8 cm³/mol. The summed E-state index contributed by atoms with van der Waals surface area (Å²) in [6.07, 6.45) is 0. The van der Waals surface area contributed by atoms with Crippen molar-refractivity contribution in [2.45, 2.75) is 26.8 Å². The zero-order chi connectivity index (χ0) is 18.4. The lowest BCUT2D eigenvalue weighted by Gasteiger charge is -2.25. The van der Waals surface area contributed by atoms with Crippen molar-refractivity contribution in [2.75, 3.05) is 37.9 Å². The van der Waals surface area contributed by atoms with Gasteiger partial charge in [-0.05, 0) is 32.0 Å². The van der Waals surface area contributed by atoms with Crippen LogP contribution in [-0.2, 0) is 4.79 Å². The van der Waals surface area contributed by atoms with E-state index in [1.807, 2.05) is 25.8 Å². The lowest BCUT2D eigenvalue weighted by Crippen LogP contribution is -2.39. The third-order valence-corrected chi connectivity index (χ3v) is 3.94. The van der Waals surface area contributed by atoms with E-state index in [0.29, 0.717) is 11.4 Å². The number of halogens is 1. The van der Waals surface area contributed by atoms with Crippen molar-refractivity contribution in [3.63, 3.8) is 0 Å². The molecule has 2 N–H and O–H groups in total. The van der Waals surface area contributed by atoms with E-state index in [0.717, 1.165) is 0 Å². The van der Waals surface area contributed by atoms with Gasteiger partial charge in [-0.2, -0.15) is 0 Å². The third-order valence-electron chi connectivity index (χ3n) is 3.94. The Balaban J connectivity index is 2.74. The highest BCUT2D eigenvalue weighted by Crippen LogP contribution is 2.23. The number of urea groups is 1. The van der Waals surface area contributed by atoms with Gasteiger partial charge in [0.25, 0.3) is 0 Å². The van der Waals surface area contributed by atoms with Crippen molar-refractivity contribution in [3.05, 3.63) is 24.0 Å². The highest BCUT2D eigenvalue weighted by atomic mass is 19.1. The predicted octanol–water partition coefficient (Wildman–Crippen LogP) is 2.52. The van der Waals surface area contributed by atoms with Gasteiger partial charge in [0, 0.05) is 39.4 Å². The van der Waals surface area contributed by atoms with E-state index in [-0.39, 0.29) is 24.4 Å². The van der Waals surface area contributed by atoms with Crippen molar-refractivity contribution < 1.29 is 14.0 Å². The molecule has 0 saturated carbocycles. The van der Waals surface area contributed by atoms with Gasteiger partial charge in [-0.3, -0.25) is 4.79 Å². The molecule has 6 nitrogen and oxygen atoms in total. The minimum atomic E-state index is -0.398. The van der Waals surface area contributed by atoms with Gasteiger partial charge in [-0.15, -0.1) is 0 Å². The first-order valence-electron chi connectivity index (χ1n) is 7.93. The summed E-state index contributed by atoms with van der Waals surface area (Å²) >= 11 is 0. The molecule has 0 fully saturated rings. The first-order valence-corrected chi connectivity index (χ1v) is 7.93. The van der Waals surface area contributed by atoms with Crippen molar-refractivity contribution in [1.82, 2.24) is 10.2 Å². The quantitative estimate of drug-likeness (QED) is 0.838. The van der Waals surface area contributed by atoms with Gasteiger partial charge in [0.05, 0.1) is 11.6 Å². The minimum absolute atomic E-state index is 0.137. The summed E-state index contributed by atoms with van der Waals surface area (Å²) in [6.45, 7) is 5.94. The molecular weight excluding hydrogens is 311 g/mol. The lowest BCUT2D eigenvalue weighted by molar-refractivity contribution is -0.124. The Morgan fingerprint density at radius 2 is 1.83 bits per heavy atom. The number of rotatable bonds is 6. The molecule has 0 heterocycles. The van der Waals surface area contributed by atoms with Crippen LogP contribution in [0.15, 0.2) is 18.2 Å². The molecule has 24 heavy (non-hydrogen) atoms. The highest BCUT2D eigenvalue weighted by Gasteiger charge is 2.18. The molecule has 3 amide bonds. The molecule has 0 aromatic heterocycles. The van der Waals surface area contributed by atoms with E-state index in [1.54, 1.807) is 33.2 Å². The van der Waals surface area contributed by atoms with Crippen molar-refractivity contribution in [2.24, 2.45) is 5.92 Å². The molecule has 1 aromatic carbocycles. The summed E-state index contributed by atoms with van der Waals surface area (Å²) in [7, 11) is 4.96. The number of amides is 3. The molecular formula is C17H27FN4O2. The van der Waals surface area contributed by atoms with Crippen LogP contribution in [0, 0.1) is 11.7 Å². The fourth-order valence-corrected chi connectivity index (χ4v) is 2.19. The number of anilines is 2. The van der Waals surface area contributed by atoms with E-state index in [9.17, 15) is 14.0 Å². The summed E-state index contributed by atoms with van der Waals surface area (Å²) in [5.41, 5.74) is 0.849. The Hall–Kier alpha value is -2.31. The number of carbonyl (C=O) groups is 2. The molecule has 134 valence electrons. The van der Waals surface area contributed by atoms with Crippen LogP contribution in [0.1, 0.15) is 20.8 Å². The zero-order valence-electron chi connectivity index (χ0n) is 15.2. The summed E-state index contributed by atoms with van der Waals surface area (Å²) in [6, 6.07) is 4.36. The van der Waals surface area contributed by atoms with Crippen molar-refractivity contribution >= 4 is 23.3 Å². The van der Waals surface area contributed by atoms with Gasteiger partial charge in [0.2, 0.25) is 5.91 Å². The van der Waals surface area contributed by atoms with Crippen molar-refractivity contribution in [3.8, 4) is 0 Å². The van der Waals surface area contributed by atoms with E-state index in [4.69, 9.17) is 0 Å². The van der Waals surface area contributed by atoms with Gasteiger partial charge in [0.1, 0.15) is 5.82 Å². The molecule has 0 spiro atoms. The normalized spacial score (nSPS) is 11.8. The van der Waals surface area contributed by atoms with Crippen LogP contribution in [0.5, 0.6) is 0 Å². The maximum atomic E-state index is 14.2. The second-order valence-corrected chi connectivity index (χ2v) is 6.20. The summed E-state index contributed by atoms with van der Waals surface area (Å²) in [4.78, 5) is 26.9. The van der Waals surface area contributed by atoms with Crippen molar-refractivity contribution in [1.29, 1.82) is 0 Å². The van der Waals surface area contributed by atoms with Gasteiger partial charge >= 0.3 is 6.03 Å². The molecule has 1 aromatic rings. The van der Waals surface area contributed by atoms with Crippen LogP contribution in [0.3, 0.4) is 0 Å². The van der Waals surface area contributed by atoms with Crippen LogP contribution in [-0.4, -0.2) is 50.6 Å². The second kappa shape index (κ2) is 8.52. The van der Waals surface area contributed by atoms with Crippen LogP contribution in [0.2, 0.25) is 0 Å². The Morgan fingerprint density at radius 1 is 1.21 bits per heavy atom. The zero-order valence-corrected chi connectivity index (χ0v) is 15.2. The molecule has 7 heteroatoms. The topological polar surface area (TPSA) is 64.7 Å². The Bertz CT molecular complexity index is 592. The summed E-state index contributed by atoms with van der Waals surface area (Å²) in [5.74, 6) is -0.864. The molecule has 0 bridgehead atoms. The summed E-state index contributed by atoms with van der Waals surface area (Å²) in [5, 5.41) is 5.18.